The van der Waals surface area contributed by atoms with Crippen LogP contribution in [0.5, 0.6) is 0 Å². The van der Waals surface area contributed by atoms with E-state index in [0.717, 1.165) is 11.5 Å². The van der Waals surface area contributed by atoms with Gasteiger partial charge in [0.2, 0.25) is 0 Å². The molecule has 1 N–H and O–H groups in total. The lowest BCUT2D eigenvalue weighted by Gasteiger charge is -2.07. The van der Waals surface area contributed by atoms with E-state index >= 15 is 0 Å². The van der Waals surface area contributed by atoms with Crippen molar-refractivity contribution in [3.63, 3.8) is 0 Å². The molecule has 2 heterocycles. The Bertz CT molecular complexity index is 501. The Morgan fingerprint density at radius 2 is 2.32 bits per heavy atom. The number of ether oxygens (including phenoxy) is 1. The fourth-order valence-corrected chi connectivity index (χ4v) is 1.53. The zero-order valence-electron chi connectivity index (χ0n) is 10.8. The molecule has 19 heavy (non-hydrogen) atoms. The number of aliphatic imine (C=N–C) groups is 1. The standard InChI is InChI=1S/C14H17NO4/c1-11-4-5-13(19-11)8-15-7-12(16)9-17-10-14-3-2-6-18-14/h2-6,8,12,16H,7,9-10H2,1H3/t12-/m1/s1. The van der Waals surface area contributed by atoms with E-state index in [-0.39, 0.29) is 13.2 Å². The van der Waals surface area contributed by atoms with E-state index in [1.165, 1.54) is 0 Å². The van der Waals surface area contributed by atoms with E-state index in [0.29, 0.717) is 12.4 Å². The summed E-state index contributed by atoms with van der Waals surface area (Å²) >= 11 is 0. The Balaban J connectivity index is 1.64. The summed E-state index contributed by atoms with van der Waals surface area (Å²) in [5.41, 5.74) is 0. The molecular weight excluding hydrogens is 246 g/mol. The molecule has 2 rings (SSSR count). The van der Waals surface area contributed by atoms with Gasteiger partial charge in [0.15, 0.2) is 0 Å². The van der Waals surface area contributed by atoms with E-state index in [1.54, 1.807) is 18.5 Å². The van der Waals surface area contributed by atoms with Crippen LogP contribution < -0.4 is 0 Å². The van der Waals surface area contributed by atoms with Crippen LogP contribution in [0.2, 0.25) is 0 Å². The van der Waals surface area contributed by atoms with Crippen molar-refractivity contribution in [3.8, 4) is 0 Å². The van der Waals surface area contributed by atoms with Crippen LogP contribution >= 0.6 is 0 Å². The number of aryl methyl sites for hydroxylation is 1. The van der Waals surface area contributed by atoms with Crippen LogP contribution in [0.25, 0.3) is 0 Å². The second-order valence-electron chi connectivity index (χ2n) is 4.19. The van der Waals surface area contributed by atoms with E-state index in [1.807, 2.05) is 25.1 Å². The molecule has 5 nitrogen and oxygen atoms in total. The molecule has 102 valence electrons. The quantitative estimate of drug-likeness (QED) is 0.777. The fourth-order valence-electron chi connectivity index (χ4n) is 1.53. The molecule has 0 saturated heterocycles. The average Bonchev–Trinajstić information content (AvgIpc) is 3.01. The lowest BCUT2D eigenvalue weighted by atomic mass is 10.4. The molecule has 0 unspecified atom stereocenters. The molecule has 0 spiro atoms. The summed E-state index contributed by atoms with van der Waals surface area (Å²) < 4.78 is 15.7. The average molecular weight is 263 g/mol. The predicted octanol–water partition coefficient (Wildman–Crippen LogP) is 2.18. The third kappa shape index (κ3) is 4.73. The second kappa shape index (κ2) is 6.92. The number of hydrogen-bond donors (Lipinski definition) is 1. The second-order valence-corrected chi connectivity index (χ2v) is 4.19. The van der Waals surface area contributed by atoms with Gasteiger partial charge in [-0.2, -0.15) is 0 Å². The van der Waals surface area contributed by atoms with E-state index < -0.39 is 6.10 Å². The molecule has 5 heteroatoms. The molecule has 0 amide bonds. The maximum atomic E-state index is 9.66. The van der Waals surface area contributed by atoms with Gasteiger partial charge in [0.05, 0.1) is 31.7 Å². The van der Waals surface area contributed by atoms with Gasteiger partial charge in [0.1, 0.15) is 23.9 Å². The summed E-state index contributed by atoms with van der Waals surface area (Å²) in [7, 11) is 0. The first-order valence-corrected chi connectivity index (χ1v) is 6.08. The minimum Gasteiger partial charge on any atom is -0.467 e. The highest BCUT2D eigenvalue weighted by Gasteiger charge is 2.04. The molecule has 0 fully saturated rings. The van der Waals surface area contributed by atoms with E-state index in [4.69, 9.17) is 13.6 Å². The smallest absolute Gasteiger partial charge is 0.144 e. The van der Waals surface area contributed by atoms with Gasteiger partial charge in [0.25, 0.3) is 0 Å². The van der Waals surface area contributed by atoms with Crippen molar-refractivity contribution in [2.24, 2.45) is 4.99 Å². The van der Waals surface area contributed by atoms with Crippen molar-refractivity contribution in [2.75, 3.05) is 13.2 Å². The maximum Gasteiger partial charge on any atom is 0.144 e. The topological polar surface area (TPSA) is 68.1 Å². The molecule has 1 atom stereocenters. The van der Waals surface area contributed by atoms with Crippen LogP contribution in [-0.4, -0.2) is 30.6 Å². The fraction of sp³-hybridized carbons (Fsp3) is 0.357. The minimum absolute atomic E-state index is 0.217. The lowest BCUT2D eigenvalue weighted by Crippen LogP contribution is -2.18. The first kappa shape index (κ1) is 13.6. The zero-order chi connectivity index (χ0) is 13.5. The van der Waals surface area contributed by atoms with Gasteiger partial charge in [-0.15, -0.1) is 0 Å². The first-order chi connectivity index (χ1) is 9.24. The van der Waals surface area contributed by atoms with Gasteiger partial charge in [-0.25, -0.2) is 0 Å². The zero-order valence-corrected chi connectivity index (χ0v) is 10.8. The number of rotatable bonds is 7. The van der Waals surface area contributed by atoms with Crippen molar-refractivity contribution >= 4 is 6.21 Å². The van der Waals surface area contributed by atoms with Crippen LogP contribution in [0.4, 0.5) is 0 Å². The van der Waals surface area contributed by atoms with Crippen LogP contribution in [0.1, 0.15) is 17.3 Å². The third-order valence-electron chi connectivity index (χ3n) is 2.43. The van der Waals surface area contributed by atoms with Crippen molar-refractivity contribution in [1.29, 1.82) is 0 Å². The monoisotopic (exact) mass is 263 g/mol. The van der Waals surface area contributed by atoms with Crippen molar-refractivity contribution in [3.05, 3.63) is 47.8 Å². The lowest BCUT2D eigenvalue weighted by molar-refractivity contribution is 0.0267. The Labute approximate surface area is 111 Å². The molecule has 0 bridgehead atoms. The van der Waals surface area contributed by atoms with Crippen LogP contribution in [-0.2, 0) is 11.3 Å². The highest BCUT2D eigenvalue weighted by atomic mass is 16.5. The number of furan rings is 2. The Kier molecular flexibility index (Phi) is 4.94. The molecule has 0 aromatic carbocycles. The van der Waals surface area contributed by atoms with Gasteiger partial charge in [-0.3, -0.25) is 4.99 Å². The summed E-state index contributed by atoms with van der Waals surface area (Å²) in [5.74, 6) is 2.26. The van der Waals surface area contributed by atoms with Gasteiger partial charge < -0.3 is 18.7 Å². The summed E-state index contributed by atoms with van der Waals surface area (Å²) in [5, 5.41) is 9.66. The van der Waals surface area contributed by atoms with Gasteiger partial charge >= 0.3 is 0 Å². The number of aliphatic hydroxyl groups excluding tert-OH is 1. The van der Waals surface area contributed by atoms with Crippen molar-refractivity contribution in [1.82, 2.24) is 0 Å². The summed E-state index contributed by atoms with van der Waals surface area (Å²) in [6.07, 6.45) is 2.55. The minimum atomic E-state index is -0.637. The number of aliphatic hydroxyl groups is 1. The molecule has 0 aliphatic heterocycles. The Morgan fingerprint density at radius 3 is 3.00 bits per heavy atom. The highest BCUT2D eigenvalue weighted by Crippen LogP contribution is 2.04. The Hall–Kier alpha value is -1.85. The third-order valence-corrected chi connectivity index (χ3v) is 2.43. The van der Waals surface area contributed by atoms with Gasteiger partial charge in [-0.1, -0.05) is 0 Å². The van der Waals surface area contributed by atoms with Gasteiger partial charge in [0, 0.05) is 0 Å². The molecule has 0 aliphatic carbocycles. The molecular formula is C14H17NO4. The summed E-state index contributed by atoms with van der Waals surface area (Å²) in [4.78, 5) is 4.10. The molecule has 0 radical (unpaired) electrons. The largest absolute Gasteiger partial charge is 0.467 e. The van der Waals surface area contributed by atoms with Crippen molar-refractivity contribution < 1.29 is 18.7 Å². The van der Waals surface area contributed by atoms with Crippen LogP contribution in [0, 0.1) is 6.92 Å². The summed E-state index contributed by atoms with van der Waals surface area (Å²) in [6, 6.07) is 7.32. The van der Waals surface area contributed by atoms with Crippen LogP contribution in [0.15, 0.2) is 44.4 Å². The highest BCUT2D eigenvalue weighted by molar-refractivity contribution is 5.75. The van der Waals surface area contributed by atoms with Crippen molar-refractivity contribution in [2.45, 2.75) is 19.6 Å². The maximum absolute atomic E-state index is 9.66. The molecule has 2 aromatic rings. The summed E-state index contributed by atoms with van der Waals surface area (Å²) in [6.45, 7) is 2.72. The predicted molar refractivity (Wildman–Crippen MR) is 70.3 cm³/mol. The first-order valence-electron chi connectivity index (χ1n) is 6.08. The molecule has 0 aliphatic rings. The normalized spacial score (nSPS) is 13.2. The number of hydrogen-bond acceptors (Lipinski definition) is 5. The van der Waals surface area contributed by atoms with Crippen LogP contribution in [0.3, 0.4) is 0 Å². The number of nitrogens with zero attached hydrogens (tertiary/aromatic N) is 1. The van der Waals surface area contributed by atoms with Gasteiger partial charge in [-0.05, 0) is 31.2 Å². The molecule has 0 saturated carbocycles. The van der Waals surface area contributed by atoms with E-state index in [2.05, 4.69) is 4.99 Å². The molecule has 2 aromatic heterocycles. The SMILES string of the molecule is Cc1ccc(C=NC[C@@H](O)COCc2ccco2)o1. The van der Waals surface area contributed by atoms with E-state index in [9.17, 15) is 5.11 Å². The Morgan fingerprint density at radius 1 is 1.42 bits per heavy atom.